The molecule has 2 aliphatic rings. The fourth-order valence-electron chi connectivity index (χ4n) is 5.01. The number of nitriles is 3. The smallest absolute Gasteiger partial charge is 0.275 e. The van der Waals surface area contributed by atoms with Crippen LogP contribution in [0.2, 0.25) is 0 Å². The van der Waals surface area contributed by atoms with Crippen molar-refractivity contribution in [2.75, 3.05) is 7.11 Å². The second kappa shape index (κ2) is 7.30. The summed E-state index contributed by atoms with van der Waals surface area (Å²) in [5.74, 6) is -3.08. The van der Waals surface area contributed by atoms with Crippen LogP contribution in [0, 0.1) is 60.3 Å². The molecule has 2 saturated heterocycles. The average molecular weight is 443 g/mol. The minimum absolute atomic E-state index is 0.0618. The van der Waals surface area contributed by atoms with Crippen LogP contribution < -0.4 is 4.74 Å². The number of nitrogens with zero attached hydrogens (tertiary/aromatic N) is 4. The standard InChI is InChI=1S/C23H17N5O5/c1-21-18(15-8-4-6-10-17(15)31-2)23(13-26,20(27)33-21)22(11-24,12-25)19(32-21)14-7-3-5-9-16(14)28(29)30/h3-10,18-19,27H,1-2H3. The highest BCUT2D eigenvalue weighted by Crippen LogP contribution is 2.70. The second-order valence-corrected chi connectivity index (χ2v) is 7.89. The van der Waals surface area contributed by atoms with E-state index in [-0.39, 0.29) is 11.3 Å². The van der Waals surface area contributed by atoms with Gasteiger partial charge in [-0.2, -0.15) is 15.8 Å². The van der Waals surface area contributed by atoms with Crippen molar-refractivity contribution >= 4 is 11.6 Å². The third-order valence-corrected chi connectivity index (χ3v) is 6.38. The molecule has 0 radical (unpaired) electrons. The van der Waals surface area contributed by atoms with E-state index >= 15 is 0 Å². The molecule has 2 aromatic rings. The van der Waals surface area contributed by atoms with Gasteiger partial charge in [-0.25, -0.2) is 0 Å². The molecule has 2 aliphatic heterocycles. The number of methoxy groups -OCH3 is 1. The molecule has 0 aliphatic carbocycles. The highest BCUT2D eigenvalue weighted by atomic mass is 16.7. The van der Waals surface area contributed by atoms with Crippen molar-refractivity contribution in [1.29, 1.82) is 21.2 Å². The Labute approximate surface area is 188 Å². The summed E-state index contributed by atoms with van der Waals surface area (Å²) < 4.78 is 17.4. The van der Waals surface area contributed by atoms with Gasteiger partial charge in [0.25, 0.3) is 5.69 Å². The van der Waals surface area contributed by atoms with E-state index in [9.17, 15) is 25.9 Å². The van der Waals surface area contributed by atoms with Crippen LogP contribution in [-0.2, 0) is 9.47 Å². The summed E-state index contributed by atoms with van der Waals surface area (Å²) in [6.07, 6.45) is -1.55. The Bertz CT molecular complexity index is 1290. The molecule has 4 atom stereocenters. The molecule has 0 spiro atoms. The quantitative estimate of drug-likeness (QED) is 0.551. The molecule has 0 amide bonds. The van der Waals surface area contributed by atoms with E-state index < -0.39 is 39.5 Å². The number of nitrogens with one attached hydrogen (secondary N) is 1. The summed E-state index contributed by atoms with van der Waals surface area (Å²) in [6, 6.07) is 18.0. The Morgan fingerprint density at radius 1 is 1.06 bits per heavy atom. The van der Waals surface area contributed by atoms with Gasteiger partial charge in [0.1, 0.15) is 11.9 Å². The van der Waals surface area contributed by atoms with Gasteiger partial charge in [0.15, 0.2) is 5.41 Å². The molecule has 33 heavy (non-hydrogen) atoms. The van der Waals surface area contributed by atoms with Gasteiger partial charge in [0.05, 0.1) is 41.7 Å². The topological polar surface area (TPSA) is 166 Å². The second-order valence-electron chi connectivity index (χ2n) is 7.89. The third kappa shape index (κ3) is 2.57. The lowest BCUT2D eigenvalue weighted by Gasteiger charge is -2.48. The van der Waals surface area contributed by atoms with Crippen molar-refractivity contribution < 1.29 is 19.1 Å². The molecule has 2 fully saturated rings. The fraction of sp³-hybridized carbons (Fsp3) is 0.304. The first kappa shape index (κ1) is 21.8. The molecule has 2 bridgehead atoms. The summed E-state index contributed by atoms with van der Waals surface area (Å²) in [7, 11) is 1.43. The van der Waals surface area contributed by atoms with Gasteiger partial charge in [-0.3, -0.25) is 15.5 Å². The number of hydrogen-bond acceptors (Lipinski definition) is 9. The van der Waals surface area contributed by atoms with Crippen LogP contribution in [-0.4, -0.2) is 23.7 Å². The summed E-state index contributed by atoms with van der Waals surface area (Å²) in [5, 5.41) is 51.5. The number of benzene rings is 2. The summed E-state index contributed by atoms with van der Waals surface area (Å²) in [4.78, 5) is 11.1. The van der Waals surface area contributed by atoms with Crippen LogP contribution in [0.25, 0.3) is 0 Å². The van der Waals surface area contributed by atoms with Crippen molar-refractivity contribution in [1.82, 2.24) is 0 Å². The number of hydrogen-bond donors (Lipinski definition) is 1. The largest absolute Gasteiger partial charge is 0.496 e. The van der Waals surface area contributed by atoms with Crippen LogP contribution in [0.15, 0.2) is 48.5 Å². The first-order valence-corrected chi connectivity index (χ1v) is 9.82. The minimum Gasteiger partial charge on any atom is -0.496 e. The summed E-state index contributed by atoms with van der Waals surface area (Å²) in [6.45, 7) is 1.48. The first-order chi connectivity index (χ1) is 15.8. The lowest BCUT2D eigenvalue weighted by atomic mass is 9.52. The number of rotatable bonds is 4. The monoisotopic (exact) mass is 443 g/mol. The molecule has 2 aromatic carbocycles. The molecule has 2 heterocycles. The lowest BCUT2D eigenvalue weighted by Crippen LogP contribution is -2.57. The third-order valence-electron chi connectivity index (χ3n) is 6.38. The molecule has 0 saturated carbocycles. The molecular formula is C23H17N5O5. The average Bonchev–Trinajstić information content (AvgIpc) is 3.01. The van der Waals surface area contributed by atoms with Crippen LogP contribution in [0.5, 0.6) is 5.75 Å². The van der Waals surface area contributed by atoms with E-state index in [1.54, 1.807) is 24.3 Å². The van der Waals surface area contributed by atoms with Gasteiger partial charge in [0.2, 0.25) is 17.1 Å². The van der Waals surface area contributed by atoms with Crippen molar-refractivity contribution in [3.8, 4) is 24.0 Å². The van der Waals surface area contributed by atoms with Crippen LogP contribution in [0.1, 0.15) is 30.1 Å². The number of para-hydroxylation sites is 2. The van der Waals surface area contributed by atoms with E-state index in [1.807, 2.05) is 18.2 Å². The fourth-order valence-corrected chi connectivity index (χ4v) is 5.01. The maximum atomic E-state index is 11.7. The van der Waals surface area contributed by atoms with Gasteiger partial charge in [-0.1, -0.05) is 30.3 Å². The van der Waals surface area contributed by atoms with Gasteiger partial charge >= 0.3 is 0 Å². The van der Waals surface area contributed by atoms with Gasteiger partial charge in [-0.15, -0.1) is 0 Å². The zero-order valence-corrected chi connectivity index (χ0v) is 17.6. The first-order valence-electron chi connectivity index (χ1n) is 9.82. The predicted molar refractivity (Wildman–Crippen MR) is 112 cm³/mol. The number of nitro groups is 1. The molecular weight excluding hydrogens is 426 g/mol. The molecule has 10 heteroatoms. The van der Waals surface area contributed by atoms with Crippen LogP contribution in [0.3, 0.4) is 0 Å². The molecule has 1 N–H and O–H groups in total. The summed E-state index contributed by atoms with van der Waals surface area (Å²) >= 11 is 0. The van der Waals surface area contributed by atoms with Crippen molar-refractivity contribution in [3.05, 3.63) is 69.8 Å². The van der Waals surface area contributed by atoms with E-state index in [4.69, 9.17) is 19.6 Å². The molecule has 10 nitrogen and oxygen atoms in total. The molecule has 4 unspecified atom stereocenters. The van der Waals surface area contributed by atoms with Gasteiger partial charge < -0.3 is 14.2 Å². The Morgan fingerprint density at radius 2 is 1.67 bits per heavy atom. The van der Waals surface area contributed by atoms with Crippen molar-refractivity contribution in [3.63, 3.8) is 0 Å². The van der Waals surface area contributed by atoms with Crippen LogP contribution >= 0.6 is 0 Å². The maximum absolute atomic E-state index is 11.7. The molecule has 4 rings (SSSR count). The Hall–Kier alpha value is -4.46. The van der Waals surface area contributed by atoms with Gasteiger partial charge in [-0.05, 0) is 12.1 Å². The highest BCUT2D eigenvalue weighted by Gasteiger charge is 2.80. The zero-order valence-electron chi connectivity index (χ0n) is 17.6. The number of ether oxygens (including phenoxy) is 3. The number of fused-ring (bicyclic) bond motifs is 2. The Morgan fingerprint density at radius 3 is 2.24 bits per heavy atom. The Kier molecular flexibility index (Phi) is 4.82. The van der Waals surface area contributed by atoms with Crippen LogP contribution in [0.4, 0.5) is 5.69 Å². The minimum atomic E-state index is -2.35. The number of nitro benzene ring substituents is 1. The SMILES string of the molecule is COc1ccccc1C1C2(C)OC(=N)C1(C#N)C(C#N)(C#N)C(c1ccccc1[N+](=O)[O-])O2. The Balaban J connectivity index is 2.09. The van der Waals surface area contributed by atoms with Gasteiger partial charge in [0, 0.05) is 18.6 Å². The lowest BCUT2D eigenvalue weighted by molar-refractivity contribution is -0.387. The predicted octanol–water partition coefficient (Wildman–Crippen LogP) is 3.73. The van der Waals surface area contributed by atoms with E-state index in [0.717, 1.165) is 0 Å². The van der Waals surface area contributed by atoms with Crippen molar-refractivity contribution in [2.45, 2.75) is 24.7 Å². The molecule has 164 valence electrons. The van der Waals surface area contributed by atoms with E-state index in [1.165, 1.54) is 38.3 Å². The van der Waals surface area contributed by atoms with E-state index in [0.29, 0.717) is 11.3 Å². The maximum Gasteiger partial charge on any atom is 0.275 e. The molecule has 0 aromatic heterocycles. The highest BCUT2D eigenvalue weighted by molar-refractivity contribution is 5.91. The summed E-state index contributed by atoms with van der Waals surface area (Å²) in [5.41, 5.74) is -4.54. The van der Waals surface area contributed by atoms with E-state index in [2.05, 4.69) is 0 Å². The normalized spacial score (nSPS) is 29.1. The van der Waals surface area contributed by atoms with Crippen molar-refractivity contribution in [2.24, 2.45) is 10.8 Å². The zero-order chi connectivity index (χ0) is 24.0.